The van der Waals surface area contributed by atoms with Crippen molar-refractivity contribution in [3.8, 4) is 0 Å². The van der Waals surface area contributed by atoms with Crippen molar-refractivity contribution >= 4 is 30.5 Å². The van der Waals surface area contributed by atoms with E-state index >= 15 is 0 Å². The molecule has 0 bridgehead atoms. The molecule has 2 rings (SSSR count). The van der Waals surface area contributed by atoms with E-state index in [1.807, 2.05) is 7.05 Å². The minimum Gasteiger partial charge on any atom is -0.388 e. The molecule has 0 aromatic carbocycles. The van der Waals surface area contributed by atoms with Gasteiger partial charge in [-0.25, -0.2) is 0 Å². The van der Waals surface area contributed by atoms with Gasteiger partial charge in [-0.3, -0.25) is 0 Å². The van der Waals surface area contributed by atoms with Crippen molar-refractivity contribution in [3.63, 3.8) is 0 Å². The number of thiocarbonyl (C=S) groups is 1. The molecule has 7 heteroatoms. The van der Waals surface area contributed by atoms with Crippen LogP contribution in [0.25, 0.3) is 0 Å². The second-order valence-corrected chi connectivity index (χ2v) is 11.3. The first-order valence-corrected chi connectivity index (χ1v) is 10.7. The third kappa shape index (κ3) is 3.81. The number of nitrogens with zero attached hydrogens (tertiary/aromatic N) is 1. The predicted octanol–water partition coefficient (Wildman–Crippen LogP) is 0.792. The average molecular weight is 344 g/mol. The molecule has 0 aliphatic carbocycles. The van der Waals surface area contributed by atoms with Crippen molar-refractivity contribution in [2.45, 2.75) is 30.8 Å². The van der Waals surface area contributed by atoms with Crippen molar-refractivity contribution in [1.29, 1.82) is 0 Å². The lowest BCUT2D eigenvalue weighted by molar-refractivity contribution is 0.0187. The molecule has 1 unspecified atom stereocenters. The van der Waals surface area contributed by atoms with E-state index in [-0.39, 0.29) is 6.10 Å². The number of aliphatic hydroxyl groups excluding tert-OH is 2. The standard InChI is InChI=1S/C15H25N2O3PS/c1-9-10(8-17(2)15(22)16-9)14-13(19)12(18)11(20-14)6-7-21(3,4)5/h8,11-14,18-19H,1,3,6-7H2,2,4-5H3,(H,16,22)/t11-,12-,13?,14+/m1/s1. The summed E-state index contributed by atoms with van der Waals surface area (Å²) in [7, 11) is 1.81. The third-order valence-corrected chi connectivity index (χ3v) is 5.81. The quantitative estimate of drug-likeness (QED) is 0.518. The SMILES string of the molecule is C=C1NC(=S)N(C)C=C1[C@@H]1O[C@H](CCP(=C)(C)C)[C@@H](O)C1O. The van der Waals surface area contributed by atoms with E-state index in [1.54, 1.807) is 11.1 Å². The van der Waals surface area contributed by atoms with Gasteiger partial charge < -0.3 is 25.2 Å². The van der Waals surface area contributed by atoms with E-state index in [0.717, 1.165) is 6.16 Å². The molecule has 22 heavy (non-hydrogen) atoms. The van der Waals surface area contributed by atoms with Gasteiger partial charge in [0.05, 0.1) is 6.10 Å². The average Bonchev–Trinajstić information content (AvgIpc) is 2.68. The van der Waals surface area contributed by atoms with E-state index in [4.69, 9.17) is 17.0 Å². The molecule has 0 spiro atoms. The molecule has 1 saturated heterocycles. The van der Waals surface area contributed by atoms with Gasteiger partial charge in [0, 0.05) is 24.5 Å². The molecule has 5 nitrogen and oxygen atoms in total. The van der Waals surface area contributed by atoms with Crippen LogP contribution in [0.3, 0.4) is 0 Å². The Morgan fingerprint density at radius 1 is 1.41 bits per heavy atom. The zero-order chi connectivity index (χ0) is 16.7. The molecule has 4 atom stereocenters. The maximum absolute atomic E-state index is 10.3. The maximum atomic E-state index is 10.3. The highest BCUT2D eigenvalue weighted by molar-refractivity contribution is 7.80. The fraction of sp³-hybridized carbons (Fsp3) is 0.600. The van der Waals surface area contributed by atoms with Gasteiger partial charge in [-0.15, -0.1) is 13.2 Å². The smallest absolute Gasteiger partial charge is 0.177 e. The van der Waals surface area contributed by atoms with E-state index in [2.05, 4.69) is 31.5 Å². The minimum atomic E-state index is -1.19. The van der Waals surface area contributed by atoms with Crippen LogP contribution < -0.4 is 5.32 Å². The summed E-state index contributed by atoms with van der Waals surface area (Å²) in [5.41, 5.74) is 1.32. The molecule has 1 fully saturated rings. The van der Waals surface area contributed by atoms with Gasteiger partial charge in [0.1, 0.15) is 18.3 Å². The Kier molecular flexibility index (Phi) is 5.20. The second kappa shape index (κ2) is 6.46. The zero-order valence-corrected chi connectivity index (χ0v) is 15.0. The fourth-order valence-corrected chi connectivity index (χ4v) is 3.73. The van der Waals surface area contributed by atoms with Crippen LogP contribution in [0.15, 0.2) is 24.0 Å². The van der Waals surface area contributed by atoms with Crippen LogP contribution in [0.1, 0.15) is 6.42 Å². The molecule has 0 saturated carbocycles. The molecule has 0 aromatic rings. The first-order chi connectivity index (χ1) is 10.1. The van der Waals surface area contributed by atoms with Crippen LogP contribution in [-0.2, 0) is 4.74 Å². The summed E-state index contributed by atoms with van der Waals surface area (Å²) in [5, 5.41) is 24.1. The Morgan fingerprint density at radius 2 is 2.05 bits per heavy atom. The van der Waals surface area contributed by atoms with Gasteiger partial charge in [0.25, 0.3) is 0 Å². The van der Waals surface area contributed by atoms with E-state index < -0.39 is 25.2 Å². The van der Waals surface area contributed by atoms with Crippen LogP contribution in [0, 0.1) is 0 Å². The lowest BCUT2D eigenvalue weighted by atomic mass is 9.99. The highest BCUT2D eigenvalue weighted by Gasteiger charge is 2.45. The van der Waals surface area contributed by atoms with Crippen LogP contribution in [0.2, 0.25) is 0 Å². The van der Waals surface area contributed by atoms with E-state index in [9.17, 15) is 10.2 Å². The highest BCUT2D eigenvalue weighted by Crippen LogP contribution is 2.39. The van der Waals surface area contributed by atoms with Crippen LogP contribution in [-0.4, -0.2) is 77.5 Å². The van der Waals surface area contributed by atoms with Crippen molar-refractivity contribution in [1.82, 2.24) is 10.2 Å². The van der Waals surface area contributed by atoms with Gasteiger partial charge in [0.2, 0.25) is 0 Å². The number of nitrogens with one attached hydrogen (secondary N) is 1. The fourth-order valence-electron chi connectivity index (χ4n) is 2.60. The maximum Gasteiger partial charge on any atom is 0.177 e. The molecular weight excluding hydrogens is 319 g/mol. The van der Waals surface area contributed by atoms with Crippen molar-refractivity contribution in [2.75, 3.05) is 26.5 Å². The summed E-state index contributed by atoms with van der Waals surface area (Å²) in [4.78, 5) is 1.74. The minimum absolute atomic E-state index is 0.381. The second-order valence-electron chi connectivity index (χ2n) is 6.63. The van der Waals surface area contributed by atoms with Crippen LogP contribution in [0.5, 0.6) is 0 Å². The first kappa shape index (κ1) is 17.7. The summed E-state index contributed by atoms with van der Waals surface area (Å²) < 4.78 is 5.93. The summed E-state index contributed by atoms with van der Waals surface area (Å²) in [6.45, 7) is 7.03. The molecular formula is C15H25N2O3PS. The predicted molar refractivity (Wildman–Crippen MR) is 96.8 cm³/mol. The van der Waals surface area contributed by atoms with E-state index in [0.29, 0.717) is 22.8 Å². The van der Waals surface area contributed by atoms with Crippen molar-refractivity contribution < 1.29 is 14.9 Å². The molecule has 3 N–H and O–H groups in total. The molecule has 0 radical (unpaired) electrons. The molecule has 2 aliphatic heterocycles. The lowest BCUT2D eigenvalue weighted by Crippen LogP contribution is -2.42. The topological polar surface area (TPSA) is 65.0 Å². The Morgan fingerprint density at radius 3 is 2.64 bits per heavy atom. The van der Waals surface area contributed by atoms with Crippen LogP contribution in [0.4, 0.5) is 0 Å². The molecule has 2 heterocycles. The Balaban J connectivity index is 2.13. The number of rotatable bonds is 4. The van der Waals surface area contributed by atoms with Crippen LogP contribution >= 0.6 is 19.1 Å². The lowest BCUT2D eigenvalue weighted by Gasteiger charge is -2.30. The molecule has 0 amide bonds. The molecule has 2 aliphatic rings. The zero-order valence-electron chi connectivity index (χ0n) is 13.3. The first-order valence-electron chi connectivity index (χ1n) is 7.24. The Bertz CT molecular complexity index is 557. The van der Waals surface area contributed by atoms with Crippen molar-refractivity contribution in [2.24, 2.45) is 0 Å². The summed E-state index contributed by atoms with van der Waals surface area (Å²) in [6, 6.07) is 0. The summed E-state index contributed by atoms with van der Waals surface area (Å²) in [5.74, 6) is 0. The number of hydrogen-bond acceptors (Lipinski definition) is 4. The number of ether oxygens (including phenoxy) is 1. The largest absolute Gasteiger partial charge is 0.388 e. The van der Waals surface area contributed by atoms with Gasteiger partial charge in [-0.1, -0.05) is 6.58 Å². The third-order valence-electron chi connectivity index (χ3n) is 3.95. The summed E-state index contributed by atoms with van der Waals surface area (Å²) in [6.07, 6.45) is 4.72. The molecule has 124 valence electrons. The van der Waals surface area contributed by atoms with Gasteiger partial charge >= 0.3 is 0 Å². The number of aliphatic hydroxyl groups is 2. The van der Waals surface area contributed by atoms with Gasteiger partial charge in [0.15, 0.2) is 5.11 Å². The Hall–Kier alpha value is -0.650. The number of hydrogen-bond donors (Lipinski definition) is 3. The summed E-state index contributed by atoms with van der Waals surface area (Å²) >= 11 is 5.14. The normalized spacial score (nSPS) is 33.0. The molecule has 0 aromatic heterocycles. The highest BCUT2D eigenvalue weighted by atomic mass is 32.1. The van der Waals surface area contributed by atoms with Gasteiger partial charge in [-0.2, -0.15) is 0 Å². The van der Waals surface area contributed by atoms with Crippen molar-refractivity contribution in [3.05, 3.63) is 24.0 Å². The Labute approximate surface area is 137 Å². The van der Waals surface area contributed by atoms with Gasteiger partial charge in [-0.05, 0) is 38.1 Å². The monoisotopic (exact) mass is 344 g/mol. The van der Waals surface area contributed by atoms with E-state index in [1.165, 1.54) is 0 Å².